The Morgan fingerprint density at radius 3 is 2.36 bits per heavy atom. The van der Waals surface area contributed by atoms with Gasteiger partial charge in [-0.05, 0) is 48.5 Å². The summed E-state index contributed by atoms with van der Waals surface area (Å²) in [7, 11) is 0. The van der Waals surface area contributed by atoms with E-state index in [1.54, 1.807) is 12.1 Å². The third-order valence-corrected chi connectivity index (χ3v) is 4.06. The zero-order chi connectivity index (χ0) is 19.8. The van der Waals surface area contributed by atoms with Gasteiger partial charge in [-0.3, -0.25) is 4.79 Å². The SMILES string of the molecule is O=C(COC(=O)COc1ccc(F)cc1)Nc1ccc(N2CCOCC2)cc1. The molecule has 148 valence electrons. The van der Waals surface area contributed by atoms with Crippen LogP contribution in [0, 0.1) is 5.82 Å². The van der Waals surface area contributed by atoms with Crippen LogP contribution >= 0.6 is 0 Å². The highest BCUT2D eigenvalue weighted by molar-refractivity contribution is 5.93. The number of hydrogen-bond acceptors (Lipinski definition) is 6. The molecular weight excluding hydrogens is 367 g/mol. The zero-order valence-electron chi connectivity index (χ0n) is 15.2. The standard InChI is InChI=1S/C20H21FN2O5/c21-15-1-7-18(8-2-15)27-14-20(25)28-13-19(24)22-16-3-5-17(6-4-16)23-9-11-26-12-10-23/h1-8H,9-14H2,(H,22,24). The molecule has 2 aromatic rings. The molecule has 0 bridgehead atoms. The Morgan fingerprint density at radius 2 is 1.68 bits per heavy atom. The van der Waals surface area contributed by atoms with Gasteiger partial charge in [-0.2, -0.15) is 0 Å². The molecule has 1 fully saturated rings. The molecule has 8 heteroatoms. The summed E-state index contributed by atoms with van der Waals surface area (Å²) < 4.78 is 28.1. The van der Waals surface area contributed by atoms with Crippen molar-refractivity contribution in [3.05, 3.63) is 54.3 Å². The fraction of sp³-hybridized carbons (Fsp3) is 0.300. The van der Waals surface area contributed by atoms with Crippen LogP contribution in [0.2, 0.25) is 0 Å². The lowest BCUT2D eigenvalue weighted by molar-refractivity contribution is -0.149. The first kappa shape index (κ1) is 19.6. The Balaban J connectivity index is 1.38. The fourth-order valence-electron chi connectivity index (χ4n) is 2.63. The minimum absolute atomic E-state index is 0.336. The maximum Gasteiger partial charge on any atom is 0.344 e. The lowest BCUT2D eigenvalue weighted by Gasteiger charge is -2.28. The summed E-state index contributed by atoms with van der Waals surface area (Å²) in [5.74, 6) is -1.20. The van der Waals surface area contributed by atoms with Crippen LogP contribution in [0.25, 0.3) is 0 Å². The fourth-order valence-corrected chi connectivity index (χ4v) is 2.63. The van der Waals surface area contributed by atoms with Crippen molar-refractivity contribution in [3.63, 3.8) is 0 Å². The van der Waals surface area contributed by atoms with Gasteiger partial charge >= 0.3 is 5.97 Å². The van der Waals surface area contributed by atoms with Gasteiger partial charge in [-0.25, -0.2) is 9.18 Å². The molecule has 1 saturated heterocycles. The molecule has 1 aliphatic heterocycles. The molecule has 1 amide bonds. The monoisotopic (exact) mass is 388 g/mol. The van der Waals surface area contributed by atoms with Crippen LogP contribution in [-0.2, 0) is 19.1 Å². The number of halogens is 1. The van der Waals surface area contributed by atoms with E-state index in [0.717, 1.165) is 18.8 Å². The second-order valence-corrected chi connectivity index (χ2v) is 6.10. The van der Waals surface area contributed by atoms with E-state index in [2.05, 4.69) is 10.2 Å². The summed E-state index contributed by atoms with van der Waals surface area (Å²) >= 11 is 0. The van der Waals surface area contributed by atoms with Gasteiger partial charge in [-0.1, -0.05) is 0 Å². The van der Waals surface area contributed by atoms with Crippen LogP contribution < -0.4 is 15.0 Å². The molecule has 1 N–H and O–H groups in total. The van der Waals surface area contributed by atoms with Crippen molar-refractivity contribution in [2.45, 2.75) is 0 Å². The molecule has 7 nitrogen and oxygen atoms in total. The summed E-state index contributed by atoms with van der Waals surface area (Å²) in [4.78, 5) is 25.8. The molecule has 2 aromatic carbocycles. The molecule has 0 unspecified atom stereocenters. The Hall–Kier alpha value is -3.13. The number of morpholine rings is 1. The molecule has 0 aliphatic carbocycles. The predicted octanol–water partition coefficient (Wildman–Crippen LogP) is 2.22. The van der Waals surface area contributed by atoms with E-state index in [-0.39, 0.29) is 6.61 Å². The van der Waals surface area contributed by atoms with Gasteiger partial charge in [0.15, 0.2) is 13.2 Å². The number of nitrogens with one attached hydrogen (secondary N) is 1. The normalized spacial score (nSPS) is 13.7. The van der Waals surface area contributed by atoms with Crippen LogP contribution in [-0.4, -0.2) is 51.4 Å². The molecule has 0 spiro atoms. The summed E-state index contributed by atoms with van der Waals surface area (Å²) in [5.41, 5.74) is 1.67. The quantitative estimate of drug-likeness (QED) is 0.733. The van der Waals surface area contributed by atoms with E-state index >= 15 is 0 Å². The average molecular weight is 388 g/mol. The van der Waals surface area contributed by atoms with Crippen LogP contribution in [0.4, 0.5) is 15.8 Å². The number of benzene rings is 2. The van der Waals surface area contributed by atoms with Gasteiger partial charge in [0.1, 0.15) is 11.6 Å². The van der Waals surface area contributed by atoms with Gasteiger partial charge in [0.25, 0.3) is 5.91 Å². The summed E-state index contributed by atoms with van der Waals surface area (Å²) in [6.45, 7) is 2.29. The van der Waals surface area contributed by atoms with Crippen molar-refractivity contribution in [2.75, 3.05) is 49.7 Å². The van der Waals surface area contributed by atoms with E-state index in [4.69, 9.17) is 14.2 Å². The molecule has 28 heavy (non-hydrogen) atoms. The number of ether oxygens (including phenoxy) is 3. The topological polar surface area (TPSA) is 77.1 Å². The Kier molecular flexibility index (Phi) is 6.80. The molecule has 1 aliphatic rings. The van der Waals surface area contributed by atoms with Crippen LogP contribution in [0.3, 0.4) is 0 Å². The molecule has 3 rings (SSSR count). The van der Waals surface area contributed by atoms with Crippen LogP contribution in [0.15, 0.2) is 48.5 Å². The van der Waals surface area contributed by atoms with E-state index in [0.29, 0.717) is 24.7 Å². The first-order valence-electron chi connectivity index (χ1n) is 8.87. The maximum absolute atomic E-state index is 12.8. The second kappa shape index (κ2) is 9.70. The molecular formula is C20H21FN2O5. The number of anilines is 2. The number of carbonyl (C=O) groups excluding carboxylic acids is 2. The number of hydrogen-bond donors (Lipinski definition) is 1. The van der Waals surface area contributed by atoms with Crippen molar-refractivity contribution in [1.29, 1.82) is 0 Å². The third-order valence-electron chi connectivity index (χ3n) is 4.06. The van der Waals surface area contributed by atoms with Crippen molar-refractivity contribution >= 4 is 23.3 Å². The summed E-state index contributed by atoms with van der Waals surface area (Å²) in [6, 6.07) is 12.7. The number of carbonyl (C=O) groups is 2. The number of esters is 1. The molecule has 1 heterocycles. The zero-order valence-corrected chi connectivity index (χ0v) is 15.2. The first-order valence-corrected chi connectivity index (χ1v) is 8.87. The van der Waals surface area contributed by atoms with Gasteiger partial charge in [-0.15, -0.1) is 0 Å². The Bertz CT molecular complexity index is 789. The van der Waals surface area contributed by atoms with Crippen molar-refractivity contribution < 1.29 is 28.2 Å². The van der Waals surface area contributed by atoms with E-state index in [1.807, 2.05) is 12.1 Å². The lowest BCUT2D eigenvalue weighted by atomic mass is 10.2. The number of rotatable bonds is 7. The van der Waals surface area contributed by atoms with E-state index in [9.17, 15) is 14.0 Å². The molecule has 0 radical (unpaired) electrons. The second-order valence-electron chi connectivity index (χ2n) is 6.10. The van der Waals surface area contributed by atoms with Crippen molar-refractivity contribution in [2.24, 2.45) is 0 Å². The molecule has 0 atom stereocenters. The average Bonchev–Trinajstić information content (AvgIpc) is 2.73. The highest BCUT2D eigenvalue weighted by Crippen LogP contribution is 2.19. The van der Waals surface area contributed by atoms with Gasteiger partial charge in [0, 0.05) is 24.5 Å². The molecule has 0 aromatic heterocycles. The lowest BCUT2D eigenvalue weighted by Crippen LogP contribution is -2.36. The Labute approximate surface area is 162 Å². The van der Waals surface area contributed by atoms with Gasteiger partial charge in [0.05, 0.1) is 13.2 Å². The van der Waals surface area contributed by atoms with E-state index in [1.165, 1.54) is 24.3 Å². The minimum Gasteiger partial charge on any atom is -0.482 e. The predicted molar refractivity (Wildman–Crippen MR) is 101 cm³/mol. The third kappa shape index (κ3) is 5.95. The van der Waals surface area contributed by atoms with Crippen LogP contribution in [0.1, 0.15) is 0 Å². The maximum atomic E-state index is 12.8. The Morgan fingerprint density at radius 1 is 1.00 bits per heavy atom. The smallest absolute Gasteiger partial charge is 0.344 e. The summed E-state index contributed by atoms with van der Waals surface area (Å²) in [5, 5.41) is 2.67. The van der Waals surface area contributed by atoms with E-state index < -0.39 is 24.3 Å². The minimum atomic E-state index is -0.692. The number of amides is 1. The highest BCUT2D eigenvalue weighted by Gasteiger charge is 2.12. The highest BCUT2D eigenvalue weighted by atomic mass is 19.1. The van der Waals surface area contributed by atoms with Crippen LogP contribution in [0.5, 0.6) is 5.75 Å². The first-order chi connectivity index (χ1) is 13.6. The van der Waals surface area contributed by atoms with Gasteiger partial charge in [0.2, 0.25) is 0 Å². The van der Waals surface area contributed by atoms with Crippen molar-refractivity contribution in [3.8, 4) is 5.75 Å². The summed E-state index contributed by atoms with van der Waals surface area (Å²) in [6.07, 6.45) is 0. The van der Waals surface area contributed by atoms with Crippen molar-refractivity contribution in [1.82, 2.24) is 0 Å². The van der Waals surface area contributed by atoms with Gasteiger partial charge < -0.3 is 24.4 Å². The largest absolute Gasteiger partial charge is 0.482 e. The molecule has 0 saturated carbocycles. The number of nitrogens with zero attached hydrogens (tertiary/aromatic N) is 1.